The standard InChI is InChI=1S/C14H23N3/c1-2-8-16-13(6-1)14-10-15-11-17(14)9-7-12-4-3-5-12/h10-13,16H,1-9H2. The van der Waals surface area contributed by atoms with Crippen molar-refractivity contribution in [3.05, 3.63) is 18.2 Å². The first kappa shape index (κ1) is 11.3. The number of aryl methyl sites for hydroxylation is 1. The van der Waals surface area contributed by atoms with Gasteiger partial charge in [-0.25, -0.2) is 4.98 Å². The van der Waals surface area contributed by atoms with Crippen LogP contribution in [0.4, 0.5) is 0 Å². The fourth-order valence-corrected chi connectivity index (χ4v) is 3.02. The summed E-state index contributed by atoms with van der Waals surface area (Å²) in [5, 5.41) is 3.62. The molecule has 1 saturated heterocycles. The third-order valence-corrected chi connectivity index (χ3v) is 4.41. The van der Waals surface area contributed by atoms with E-state index in [9.17, 15) is 0 Å². The van der Waals surface area contributed by atoms with E-state index >= 15 is 0 Å². The molecule has 3 rings (SSSR count). The largest absolute Gasteiger partial charge is 0.333 e. The van der Waals surface area contributed by atoms with Gasteiger partial charge in [0, 0.05) is 18.8 Å². The fourth-order valence-electron chi connectivity index (χ4n) is 3.02. The van der Waals surface area contributed by atoms with E-state index in [1.807, 2.05) is 6.33 Å². The summed E-state index contributed by atoms with van der Waals surface area (Å²) >= 11 is 0. The van der Waals surface area contributed by atoms with Crippen LogP contribution in [0.25, 0.3) is 0 Å². The average molecular weight is 233 g/mol. The van der Waals surface area contributed by atoms with Gasteiger partial charge in [0.25, 0.3) is 0 Å². The topological polar surface area (TPSA) is 29.9 Å². The quantitative estimate of drug-likeness (QED) is 0.866. The molecule has 94 valence electrons. The molecule has 3 heteroatoms. The van der Waals surface area contributed by atoms with E-state index in [1.54, 1.807) is 0 Å². The third kappa shape index (κ3) is 2.54. The Morgan fingerprint density at radius 2 is 2.18 bits per heavy atom. The predicted molar refractivity (Wildman–Crippen MR) is 68.8 cm³/mol. The molecule has 1 aromatic heterocycles. The van der Waals surface area contributed by atoms with E-state index in [4.69, 9.17) is 0 Å². The first-order valence-electron chi connectivity index (χ1n) is 7.17. The second-order valence-electron chi connectivity index (χ2n) is 5.60. The van der Waals surface area contributed by atoms with E-state index in [0.717, 1.165) is 12.5 Å². The van der Waals surface area contributed by atoms with Gasteiger partial charge in [0.05, 0.1) is 12.0 Å². The molecule has 1 aromatic rings. The number of nitrogens with one attached hydrogen (secondary N) is 1. The van der Waals surface area contributed by atoms with Gasteiger partial charge < -0.3 is 9.88 Å². The summed E-state index contributed by atoms with van der Waals surface area (Å²) in [6, 6.07) is 0.549. The molecule has 1 unspecified atom stereocenters. The third-order valence-electron chi connectivity index (χ3n) is 4.41. The smallest absolute Gasteiger partial charge is 0.0948 e. The van der Waals surface area contributed by atoms with E-state index in [1.165, 1.54) is 57.2 Å². The molecule has 1 aliphatic carbocycles. The maximum Gasteiger partial charge on any atom is 0.0948 e. The number of hydrogen-bond acceptors (Lipinski definition) is 2. The zero-order valence-electron chi connectivity index (χ0n) is 10.6. The van der Waals surface area contributed by atoms with Gasteiger partial charge in [-0.1, -0.05) is 25.7 Å². The minimum absolute atomic E-state index is 0.549. The molecule has 2 heterocycles. The van der Waals surface area contributed by atoms with Crippen molar-refractivity contribution in [1.29, 1.82) is 0 Å². The zero-order chi connectivity index (χ0) is 11.5. The Balaban J connectivity index is 1.61. The fraction of sp³-hybridized carbons (Fsp3) is 0.786. The van der Waals surface area contributed by atoms with Gasteiger partial charge in [-0.15, -0.1) is 0 Å². The van der Waals surface area contributed by atoms with E-state index in [0.29, 0.717) is 6.04 Å². The van der Waals surface area contributed by atoms with Crippen molar-refractivity contribution in [3.8, 4) is 0 Å². The highest BCUT2D eigenvalue weighted by molar-refractivity contribution is 5.06. The molecule has 0 aromatic carbocycles. The second-order valence-corrected chi connectivity index (χ2v) is 5.60. The van der Waals surface area contributed by atoms with Crippen LogP contribution >= 0.6 is 0 Å². The Morgan fingerprint density at radius 1 is 1.24 bits per heavy atom. The maximum absolute atomic E-state index is 4.34. The van der Waals surface area contributed by atoms with Crippen molar-refractivity contribution in [2.45, 2.75) is 57.5 Å². The minimum Gasteiger partial charge on any atom is -0.333 e. The van der Waals surface area contributed by atoms with Crippen molar-refractivity contribution in [1.82, 2.24) is 14.9 Å². The molecule has 2 aliphatic rings. The molecule has 3 nitrogen and oxygen atoms in total. The molecule has 1 atom stereocenters. The van der Waals surface area contributed by atoms with Crippen LogP contribution in [0.3, 0.4) is 0 Å². The molecule has 0 amide bonds. The van der Waals surface area contributed by atoms with Crippen molar-refractivity contribution < 1.29 is 0 Å². The Morgan fingerprint density at radius 3 is 2.88 bits per heavy atom. The first-order chi connectivity index (χ1) is 8.43. The van der Waals surface area contributed by atoms with Crippen LogP contribution < -0.4 is 5.32 Å². The molecule has 0 radical (unpaired) electrons. The molecular formula is C14H23N3. The van der Waals surface area contributed by atoms with Gasteiger partial charge in [0.1, 0.15) is 0 Å². The monoisotopic (exact) mass is 233 g/mol. The van der Waals surface area contributed by atoms with Gasteiger partial charge in [0.15, 0.2) is 0 Å². The van der Waals surface area contributed by atoms with Crippen LogP contribution in [0.15, 0.2) is 12.5 Å². The van der Waals surface area contributed by atoms with Crippen molar-refractivity contribution >= 4 is 0 Å². The average Bonchev–Trinajstić information content (AvgIpc) is 2.76. The van der Waals surface area contributed by atoms with Gasteiger partial charge in [-0.2, -0.15) is 0 Å². The number of imidazole rings is 1. The number of piperidine rings is 1. The molecule has 1 aliphatic heterocycles. The lowest BCUT2D eigenvalue weighted by molar-refractivity contribution is 0.278. The molecule has 1 N–H and O–H groups in total. The summed E-state index contributed by atoms with van der Waals surface area (Å²) in [5.41, 5.74) is 1.41. The van der Waals surface area contributed by atoms with Crippen LogP contribution in [-0.2, 0) is 6.54 Å². The molecule has 0 bridgehead atoms. The summed E-state index contributed by atoms with van der Waals surface area (Å²) in [6.45, 7) is 2.33. The number of hydrogen-bond donors (Lipinski definition) is 1. The molecule has 1 saturated carbocycles. The summed E-state index contributed by atoms with van der Waals surface area (Å²) in [4.78, 5) is 4.34. The Hall–Kier alpha value is -0.830. The van der Waals surface area contributed by atoms with Gasteiger partial charge >= 0.3 is 0 Å². The second kappa shape index (κ2) is 5.21. The summed E-state index contributed by atoms with van der Waals surface area (Å²) < 4.78 is 2.38. The highest BCUT2D eigenvalue weighted by Gasteiger charge is 2.20. The lowest BCUT2D eigenvalue weighted by atomic mass is 9.83. The van der Waals surface area contributed by atoms with Gasteiger partial charge in [-0.3, -0.25) is 0 Å². The van der Waals surface area contributed by atoms with Crippen LogP contribution in [0.2, 0.25) is 0 Å². The van der Waals surface area contributed by atoms with Crippen LogP contribution in [-0.4, -0.2) is 16.1 Å². The van der Waals surface area contributed by atoms with Crippen LogP contribution in [0.1, 0.15) is 56.7 Å². The molecule has 2 fully saturated rings. The Bertz CT molecular complexity index is 348. The maximum atomic E-state index is 4.34. The summed E-state index contributed by atoms with van der Waals surface area (Å²) in [6.07, 6.45) is 13.7. The number of aromatic nitrogens is 2. The highest BCUT2D eigenvalue weighted by Crippen LogP contribution is 2.30. The van der Waals surface area contributed by atoms with E-state index in [2.05, 4.69) is 21.1 Å². The van der Waals surface area contributed by atoms with E-state index in [-0.39, 0.29) is 0 Å². The lowest BCUT2D eigenvalue weighted by Gasteiger charge is -2.27. The van der Waals surface area contributed by atoms with E-state index < -0.39 is 0 Å². The predicted octanol–water partition coefficient (Wildman–Crippen LogP) is 2.89. The zero-order valence-corrected chi connectivity index (χ0v) is 10.6. The summed E-state index contributed by atoms with van der Waals surface area (Å²) in [7, 11) is 0. The van der Waals surface area contributed by atoms with Gasteiger partial charge in [-0.05, 0) is 31.7 Å². The molecule has 17 heavy (non-hydrogen) atoms. The number of nitrogens with zero attached hydrogens (tertiary/aromatic N) is 2. The van der Waals surface area contributed by atoms with Crippen molar-refractivity contribution in [2.24, 2.45) is 5.92 Å². The molecule has 0 spiro atoms. The minimum atomic E-state index is 0.549. The van der Waals surface area contributed by atoms with Gasteiger partial charge in [0.2, 0.25) is 0 Å². The summed E-state index contributed by atoms with van der Waals surface area (Å²) in [5.74, 6) is 0.990. The number of rotatable bonds is 4. The van der Waals surface area contributed by atoms with Crippen LogP contribution in [0, 0.1) is 5.92 Å². The Labute approximate surface area is 104 Å². The first-order valence-corrected chi connectivity index (χ1v) is 7.17. The Kier molecular flexibility index (Phi) is 3.46. The lowest BCUT2D eigenvalue weighted by Crippen LogP contribution is -2.28. The van der Waals surface area contributed by atoms with Crippen LogP contribution in [0.5, 0.6) is 0 Å². The van der Waals surface area contributed by atoms with Crippen molar-refractivity contribution in [2.75, 3.05) is 6.54 Å². The highest BCUT2D eigenvalue weighted by atomic mass is 15.1. The van der Waals surface area contributed by atoms with Crippen molar-refractivity contribution in [3.63, 3.8) is 0 Å². The SMILES string of the molecule is c1ncn(CCC2CCC2)c1C1CCCCN1. The molecular weight excluding hydrogens is 210 g/mol. The normalized spacial score (nSPS) is 25.8.